The lowest BCUT2D eigenvalue weighted by Crippen LogP contribution is -2.29. The summed E-state index contributed by atoms with van der Waals surface area (Å²) in [6.45, 7) is 0.349. The van der Waals surface area contributed by atoms with Crippen molar-refractivity contribution in [3.05, 3.63) is 28.9 Å². The molecule has 19 heavy (non-hydrogen) atoms. The highest BCUT2D eigenvalue weighted by Gasteiger charge is 2.31. The van der Waals surface area contributed by atoms with Gasteiger partial charge in [-0.25, -0.2) is 0 Å². The van der Waals surface area contributed by atoms with Crippen molar-refractivity contribution >= 4 is 46.3 Å². The minimum absolute atomic E-state index is 0.0356. The Hall–Kier alpha value is -1.60. The number of carbonyl (C=O) groups excluding carboxylic acids is 1. The third kappa shape index (κ3) is 3.45. The fraction of sp³-hybridized carbons (Fsp3) is 0.250. The van der Waals surface area contributed by atoms with Crippen LogP contribution in [-0.4, -0.2) is 37.7 Å². The van der Waals surface area contributed by atoms with E-state index in [4.69, 9.17) is 17.3 Å². The summed E-state index contributed by atoms with van der Waals surface area (Å²) >= 11 is 6.39. The van der Waals surface area contributed by atoms with Crippen LogP contribution in [0.5, 0.6) is 0 Å². The van der Waals surface area contributed by atoms with Gasteiger partial charge in [0.05, 0.1) is 4.91 Å². The summed E-state index contributed by atoms with van der Waals surface area (Å²) in [5.41, 5.74) is 0.908. The molecular weight excluding hydrogens is 284 g/mol. The van der Waals surface area contributed by atoms with Crippen molar-refractivity contribution in [2.24, 2.45) is 0 Å². The van der Waals surface area contributed by atoms with Crippen molar-refractivity contribution in [2.45, 2.75) is 12.8 Å². The van der Waals surface area contributed by atoms with Gasteiger partial charge in [-0.3, -0.25) is 14.5 Å². The summed E-state index contributed by atoms with van der Waals surface area (Å²) < 4.78 is 0.483. The van der Waals surface area contributed by atoms with Crippen molar-refractivity contribution in [3.8, 4) is 0 Å². The van der Waals surface area contributed by atoms with Crippen molar-refractivity contribution < 1.29 is 14.7 Å². The topological polar surface area (TPSA) is 73.4 Å². The molecule has 0 radical (unpaired) electrons. The Balaban J connectivity index is 2.02. The SMILES string of the molecule is O=C(O)CCCN1C(=O)C(=Cc2cc[nH]c2)SC1=S. The molecule has 1 amide bonds. The van der Waals surface area contributed by atoms with E-state index in [-0.39, 0.29) is 12.3 Å². The number of nitrogens with one attached hydrogen (secondary N) is 1. The molecule has 2 rings (SSSR count). The van der Waals surface area contributed by atoms with Gasteiger partial charge in [0.15, 0.2) is 0 Å². The molecule has 0 atom stereocenters. The third-order valence-electron chi connectivity index (χ3n) is 2.57. The number of nitrogens with zero attached hydrogens (tertiary/aromatic N) is 1. The summed E-state index contributed by atoms with van der Waals surface area (Å²) in [7, 11) is 0. The zero-order valence-corrected chi connectivity index (χ0v) is 11.6. The van der Waals surface area contributed by atoms with Crippen molar-refractivity contribution in [3.63, 3.8) is 0 Å². The minimum Gasteiger partial charge on any atom is -0.481 e. The molecule has 7 heteroatoms. The van der Waals surface area contributed by atoms with Crippen molar-refractivity contribution in [1.82, 2.24) is 9.88 Å². The fourth-order valence-corrected chi connectivity index (χ4v) is 2.97. The van der Waals surface area contributed by atoms with Crippen LogP contribution in [0.1, 0.15) is 18.4 Å². The van der Waals surface area contributed by atoms with Gasteiger partial charge in [-0.1, -0.05) is 24.0 Å². The normalized spacial score (nSPS) is 17.5. The van der Waals surface area contributed by atoms with Crippen LogP contribution in [0.4, 0.5) is 0 Å². The average Bonchev–Trinajstić information content (AvgIpc) is 2.93. The van der Waals surface area contributed by atoms with Gasteiger partial charge < -0.3 is 10.1 Å². The number of H-pyrrole nitrogens is 1. The van der Waals surface area contributed by atoms with Crippen LogP contribution in [-0.2, 0) is 9.59 Å². The highest BCUT2D eigenvalue weighted by molar-refractivity contribution is 8.26. The van der Waals surface area contributed by atoms with Crippen LogP contribution < -0.4 is 0 Å². The molecule has 1 aromatic heterocycles. The Morgan fingerprint density at radius 1 is 1.58 bits per heavy atom. The highest BCUT2D eigenvalue weighted by atomic mass is 32.2. The van der Waals surface area contributed by atoms with Crippen molar-refractivity contribution in [1.29, 1.82) is 0 Å². The molecule has 1 fully saturated rings. The molecule has 0 unspecified atom stereocenters. The first-order valence-corrected chi connectivity index (χ1v) is 6.90. The van der Waals surface area contributed by atoms with E-state index in [1.54, 1.807) is 18.5 Å². The first-order valence-electron chi connectivity index (χ1n) is 5.68. The maximum atomic E-state index is 12.1. The van der Waals surface area contributed by atoms with Crippen LogP contribution in [0, 0.1) is 0 Å². The maximum Gasteiger partial charge on any atom is 0.303 e. The number of amides is 1. The van der Waals surface area contributed by atoms with Gasteiger partial charge in [0.2, 0.25) is 0 Å². The van der Waals surface area contributed by atoms with Crippen LogP contribution in [0.2, 0.25) is 0 Å². The van der Waals surface area contributed by atoms with Gasteiger partial charge in [-0.15, -0.1) is 0 Å². The molecule has 0 bridgehead atoms. The quantitative estimate of drug-likeness (QED) is 0.643. The number of hydrogen-bond donors (Lipinski definition) is 2. The summed E-state index contributed by atoms with van der Waals surface area (Å²) in [6, 6.07) is 1.86. The number of aliphatic carboxylic acids is 1. The van der Waals surface area contributed by atoms with E-state index in [1.807, 2.05) is 6.07 Å². The first kappa shape index (κ1) is 13.8. The molecule has 0 saturated carbocycles. The predicted molar refractivity (Wildman–Crippen MR) is 77.5 cm³/mol. The molecule has 0 aromatic carbocycles. The Bertz CT molecular complexity index is 537. The van der Waals surface area contributed by atoms with Crippen LogP contribution in [0.3, 0.4) is 0 Å². The van der Waals surface area contributed by atoms with E-state index in [0.717, 1.165) is 5.56 Å². The molecule has 1 aliphatic rings. The number of carboxylic acid groups (broad SMARTS) is 1. The molecule has 1 aromatic rings. The first-order chi connectivity index (χ1) is 9.08. The Morgan fingerprint density at radius 2 is 2.37 bits per heavy atom. The van der Waals surface area contributed by atoms with Gasteiger partial charge in [-0.2, -0.15) is 0 Å². The number of carbonyl (C=O) groups is 2. The van der Waals surface area contributed by atoms with E-state index in [9.17, 15) is 9.59 Å². The Labute approximate surface area is 119 Å². The predicted octanol–water partition coefficient (Wildman–Crippen LogP) is 2.08. The Kier molecular flexibility index (Phi) is 4.39. The van der Waals surface area contributed by atoms with E-state index in [1.165, 1.54) is 16.7 Å². The van der Waals surface area contributed by atoms with Crippen LogP contribution in [0.15, 0.2) is 23.4 Å². The molecule has 100 valence electrons. The standard InChI is InChI=1S/C12H12N2O3S2/c15-10(16)2-1-5-14-11(17)9(19-12(14)18)6-8-3-4-13-7-8/h3-4,6-7,13H,1-2,5H2,(H,15,16). The summed E-state index contributed by atoms with van der Waals surface area (Å²) in [6.07, 6.45) is 5.77. The summed E-state index contributed by atoms with van der Waals surface area (Å²) in [5, 5.41) is 8.59. The average molecular weight is 296 g/mol. The lowest BCUT2D eigenvalue weighted by molar-refractivity contribution is -0.137. The molecule has 1 saturated heterocycles. The lowest BCUT2D eigenvalue weighted by atomic mass is 10.2. The molecule has 5 nitrogen and oxygen atoms in total. The summed E-state index contributed by atoms with van der Waals surface area (Å²) in [5.74, 6) is -1.02. The number of thiocarbonyl (C=S) groups is 1. The van der Waals surface area contributed by atoms with Gasteiger partial charge in [0.25, 0.3) is 5.91 Å². The number of rotatable bonds is 5. The van der Waals surface area contributed by atoms with Crippen LogP contribution in [0.25, 0.3) is 6.08 Å². The second-order valence-corrected chi connectivity index (χ2v) is 5.65. The van der Waals surface area contributed by atoms with Gasteiger partial charge in [-0.05, 0) is 24.1 Å². The zero-order valence-electron chi connectivity index (χ0n) is 9.96. The number of aromatic amines is 1. The largest absolute Gasteiger partial charge is 0.481 e. The van der Waals surface area contributed by atoms with E-state index >= 15 is 0 Å². The number of carboxylic acids is 1. The maximum absolute atomic E-state index is 12.1. The fourth-order valence-electron chi connectivity index (χ4n) is 1.66. The smallest absolute Gasteiger partial charge is 0.303 e. The second-order valence-electron chi connectivity index (χ2n) is 3.97. The number of aromatic nitrogens is 1. The van der Waals surface area contributed by atoms with Crippen LogP contribution >= 0.6 is 24.0 Å². The van der Waals surface area contributed by atoms with Gasteiger partial charge in [0, 0.05) is 25.4 Å². The molecule has 2 N–H and O–H groups in total. The van der Waals surface area contributed by atoms with E-state index < -0.39 is 5.97 Å². The summed E-state index contributed by atoms with van der Waals surface area (Å²) in [4.78, 5) is 27.5. The Morgan fingerprint density at radius 3 is 3.00 bits per heavy atom. The minimum atomic E-state index is -0.867. The molecule has 0 spiro atoms. The van der Waals surface area contributed by atoms with Gasteiger partial charge in [0.1, 0.15) is 4.32 Å². The monoisotopic (exact) mass is 296 g/mol. The van der Waals surface area contributed by atoms with E-state index in [2.05, 4.69) is 4.98 Å². The lowest BCUT2D eigenvalue weighted by Gasteiger charge is -2.13. The van der Waals surface area contributed by atoms with Gasteiger partial charge >= 0.3 is 5.97 Å². The van der Waals surface area contributed by atoms with E-state index in [0.29, 0.717) is 22.2 Å². The molecule has 1 aliphatic heterocycles. The molecule has 0 aliphatic carbocycles. The number of hydrogen-bond acceptors (Lipinski definition) is 4. The number of thioether (sulfide) groups is 1. The zero-order chi connectivity index (χ0) is 13.8. The van der Waals surface area contributed by atoms with Crippen molar-refractivity contribution in [2.75, 3.05) is 6.54 Å². The second kappa shape index (κ2) is 6.03. The molecule has 2 heterocycles. The molecular formula is C12H12N2O3S2. The highest BCUT2D eigenvalue weighted by Crippen LogP contribution is 2.32. The third-order valence-corrected chi connectivity index (χ3v) is 3.94.